The standard InChI is InChI=1S/C32H38N4O6S/c1-2-30(32(38)33-26-14-8-4-9-15-26)34(23-22-25-12-6-3-7-13-25)31(37)24-35(27-18-20-28(21-19-27)36(39)40)43(41,42)29-16-10-5-11-17-29/h3,5-7,10-13,16-21,26,30H,2,4,8-9,14-15,22-24H2,1H3,(H,33,38)/t30-/m0/s1. The van der Waals surface area contributed by atoms with E-state index in [1.807, 2.05) is 37.3 Å². The lowest BCUT2D eigenvalue weighted by Gasteiger charge is -2.34. The molecule has 2 amide bonds. The highest BCUT2D eigenvalue weighted by Gasteiger charge is 2.34. The van der Waals surface area contributed by atoms with Crippen molar-refractivity contribution >= 4 is 33.2 Å². The zero-order valence-corrected chi connectivity index (χ0v) is 25.1. The van der Waals surface area contributed by atoms with Gasteiger partial charge in [0.15, 0.2) is 0 Å². The summed E-state index contributed by atoms with van der Waals surface area (Å²) in [6.07, 6.45) is 5.83. The molecule has 1 fully saturated rings. The van der Waals surface area contributed by atoms with Crippen LogP contribution in [0.5, 0.6) is 0 Å². The second-order valence-electron chi connectivity index (χ2n) is 10.7. The summed E-state index contributed by atoms with van der Waals surface area (Å²) < 4.78 is 28.7. The van der Waals surface area contributed by atoms with Gasteiger partial charge in [0.25, 0.3) is 15.7 Å². The number of anilines is 1. The van der Waals surface area contributed by atoms with E-state index in [9.17, 15) is 28.1 Å². The summed E-state index contributed by atoms with van der Waals surface area (Å²) in [5.74, 6) is -0.789. The van der Waals surface area contributed by atoms with Crippen LogP contribution in [0.15, 0.2) is 89.8 Å². The average Bonchev–Trinajstić information content (AvgIpc) is 3.03. The third kappa shape index (κ3) is 8.19. The molecule has 3 aromatic rings. The van der Waals surface area contributed by atoms with Gasteiger partial charge in [-0.3, -0.25) is 24.0 Å². The lowest BCUT2D eigenvalue weighted by atomic mass is 9.95. The fraction of sp³-hybridized carbons (Fsp3) is 0.375. The first kappa shape index (κ1) is 31.7. The minimum Gasteiger partial charge on any atom is -0.352 e. The quantitative estimate of drug-likeness (QED) is 0.213. The molecule has 1 aliphatic rings. The number of carbonyl (C=O) groups is 2. The summed E-state index contributed by atoms with van der Waals surface area (Å²) in [7, 11) is -4.24. The third-order valence-electron chi connectivity index (χ3n) is 7.78. The van der Waals surface area contributed by atoms with E-state index in [4.69, 9.17) is 0 Å². The van der Waals surface area contributed by atoms with Crippen molar-refractivity contribution in [3.63, 3.8) is 0 Å². The largest absolute Gasteiger partial charge is 0.352 e. The minimum atomic E-state index is -4.24. The van der Waals surface area contributed by atoms with E-state index >= 15 is 0 Å². The molecule has 1 N–H and O–H groups in total. The number of non-ortho nitro benzene ring substituents is 1. The van der Waals surface area contributed by atoms with Gasteiger partial charge in [0.05, 0.1) is 15.5 Å². The van der Waals surface area contributed by atoms with Crippen LogP contribution < -0.4 is 9.62 Å². The average molecular weight is 607 g/mol. The fourth-order valence-electron chi connectivity index (χ4n) is 5.43. The van der Waals surface area contributed by atoms with Crippen LogP contribution in [-0.4, -0.2) is 55.2 Å². The molecule has 0 unspecified atom stereocenters. The molecule has 1 saturated carbocycles. The lowest BCUT2D eigenvalue weighted by molar-refractivity contribution is -0.384. The molecule has 0 aromatic heterocycles. The molecular weight excluding hydrogens is 568 g/mol. The van der Waals surface area contributed by atoms with Crippen LogP contribution in [0.25, 0.3) is 0 Å². The van der Waals surface area contributed by atoms with Gasteiger partial charge in [-0.15, -0.1) is 0 Å². The summed E-state index contributed by atoms with van der Waals surface area (Å²) in [6.45, 7) is 1.46. The summed E-state index contributed by atoms with van der Waals surface area (Å²) in [4.78, 5) is 39.8. The van der Waals surface area contributed by atoms with Gasteiger partial charge in [-0.2, -0.15) is 0 Å². The number of nitrogens with one attached hydrogen (secondary N) is 1. The Morgan fingerprint density at radius 1 is 0.930 bits per heavy atom. The number of nitrogens with zero attached hydrogens (tertiary/aromatic N) is 3. The third-order valence-corrected chi connectivity index (χ3v) is 9.57. The van der Waals surface area contributed by atoms with Crippen molar-refractivity contribution in [3.8, 4) is 0 Å². The first-order valence-electron chi connectivity index (χ1n) is 14.7. The zero-order chi connectivity index (χ0) is 30.8. The van der Waals surface area contributed by atoms with E-state index in [0.717, 1.165) is 42.0 Å². The maximum absolute atomic E-state index is 14.1. The van der Waals surface area contributed by atoms with Crippen LogP contribution in [0.4, 0.5) is 11.4 Å². The SMILES string of the molecule is CC[C@@H](C(=O)NC1CCCCC1)N(CCc1ccccc1)C(=O)CN(c1ccc([N+](=O)[O-])cc1)S(=O)(=O)c1ccccc1. The predicted octanol–water partition coefficient (Wildman–Crippen LogP) is 5.09. The summed E-state index contributed by atoms with van der Waals surface area (Å²) in [6, 6.07) is 21.6. The molecule has 1 aliphatic carbocycles. The summed E-state index contributed by atoms with van der Waals surface area (Å²) in [5.41, 5.74) is 0.875. The minimum absolute atomic E-state index is 0.0286. The highest BCUT2D eigenvalue weighted by Crippen LogP contribution is 2.27. The van der Waals surface area contributed by atoms with Crippen LogP contribution >= 0.6 is 0 Å². The van der Waals surface area contributed by atoms with Crippen LogP contribution in [0.3, 0.4) is 0 Å². The molecule has 43 heavy (non-hydrogen) atoms. The van der Waals surface area contributed by atoms with Gasteiger partial charge >= 0.3 is 0 Å². The summed E-state index contributed by atoms with van der Waals surface area (Å²) >= 11 is 0. The molecule has 1 atom stereocenters. The number of nitro benzene ring substituents is 1. The molecule has 228 valence electrons. The first-order valence-corrected chi connectivity index (χ1v) is 16.1. The van der Waals surface area contributed by atoms with Crippen LogP contribution in [-0.2, 0) is 26.0 Å². The Kier molecular flexibility index (Phi) is 10.9. The highest BCUT2D eigenvalue weighted by atomic mass is 32.2. The predicted molar refractivity (Wildman–Crippen MR) is 165 cm³/mol. The zero-order valence-electron chi connectivity index (χ0n) is 24.3. The molecule has 0 heterocycles. The number of hydrogen-bond donors (Lipinski definition) is 1. The van der Waals surface area contributed by atoms with Gasteiger partial charge in [0.1, 0.15) is 12.6 Å². The molecule has 10 nitrogen and oxygen atoms in total. The second-order valence-corrected chi connectivity index (χ2v) is 12.6. The van der Waals surface area contributed by atoms with E-state index in [2.05, 4.69) is 5.32 Å². The van der Waals surface area contributed by atoms with Gasteiger partial charge in [0, 0.05) is 24.7 Å². The molecule has 0 saturated heterocycles. The van der Waals surface area contributed by atoms with Crippen molar-refractivity contribution in [1.82, 2.24) is 10.2 Å². The van der Waals surface area contributed by atoms with Gasteiger partial charge < -0.3 is 10.2 Å². The summed E-state index contributed by atoms with van der Waals surface area (Å²) in [5, 5.41) is 14.4. The first-order chi connectivity index (χ1) is 20.7. The number of nitro groups is 1. The Morgan fingerprint density at radius 2 is 1.53 bits per heavy atom. The van der Waals surface area contributed by atoms with Crippen molar-refractivity contribution in [2.75, 3.05) is 17.4 Å². The second kappa shape index (κ2) is 14.8. The molecule has 11 heteroatoms. The fourth-order valence-corrected chi connectivity index (χ4v) is 6.86. The Bertz CT molecular complexity index is 1480. The van der Waals surface area contributed by atoms with E-state index in [1.54, 1.807) is 18.2 Å². The number of sulfonamides is 1. The van der Waals surface area contributed by atoms with E-state index in [1.165, 1.54) is 41.3 Å². The Morgan fingerprint density at radius 3 is 2.12 bits per heavy atom. The Labute approximate surface area is 252 Å². The molecule has 0 radical (unpaired) electrons. The van der Waals surface area contributed by atoms with Crippen LogP contribution in [0.2, 0.25) is 0 Å². The number of carbonyl (C=O) groups excluding carboxylic acids is 2. The molecule has 4 rings (SSSR count). The van der Waals surface area contributed by atoms with Crippen molar-refractivity contribution in [3.05, 3.63) is 101 Å². The number of rotatable bonds is 13. The number of hydrogen-bond acceptors (Lipinski definition) is 6. The van der Waals surface area contributed by atoms with Gasteiger partial charge in [-0.25, -0.2) is 8.42 Å². The molecule has 0 spiro atoms. The smallest absolute Gasteiger partial charge is 0.269 e. The Balaban J connectivity index is 1.67. The van der Waals surface area contributed by atoms with Crippen LogP contribution in [0.1, 0.15) is 51.0 Å². The maximum atomic E-state index is 14.1. The van der Waals surface area contributed by atoms with Gasteiger partial charge in [-0.1, -0.05) is 74.7 Å². The molecule has 3 aromatic carbocycles. The highest BCUT2D eigenvalue weighted by molar-refractivity contribution is 7.92. The van der Waals surface area contributed by atoms with Gasteiger partial charge in [0.2, 0.25) is 11.8 Å². The number of amides is 2. The van der Waals surface area contributed by atoms with Gasteiger partial charge in [-0.05, 0) is 55.5 Å². The van der Waals surface area contributed by atoms with Crippen molar-refractivity contribution in [1.29, 1.82) is 0 Å². The van der Waals surface area contributed by atoms with Crippen molar-refractivity contribution < 1.29 is 22.9 Å². The molecule has 0 aliphatic heterocycles. The van der Waals surface area contributed by atoms with Crippen molar-refractivity contribution in [2.24, 2.45) is 0 Å². The monoisotopic (exact) mass is 606 g/mol. The number of benzene rings is 3. The van der Waals surface area contributed by atoms with E-state index in [-0.39, 0.29) is 34.8 Å². The van der Waals surface area contributed by atoms with Crippen molar-refractivity contribution in [2.45, 2.75) is 68.8 Å². The maximum Gasteiger partial charge on any atom is 0.269 e. The van der Waals surface area contributed by atoms with E-state index in [0.29, 0.717) is 12.8 Å². The molecule has 0 bridgehead atoms. The normalized spacial score (nSPS) is 14.4. The topological polar surface area (TPSA) is 130 Å². The van der Waals surface area contributed by atoms with Crippen LogP contribution in [0, 0.1) is 10.1 Å². The van der Waals surface area contributed by atoms with E-state index < -0.39 is 33.4 Å². The molecular formula is C32H38N4O6S. The lowest BCUT2D eigenvalue weighted by Crippen LogP contribution is -2.54. The Hall–Kier alpha value is -4.25.